The minimum absolute atomic E-state index is 0.0365. The molecule has 0 aliphatic heterocycles. The number of hydrogen-bond acceptors (Lipinski definition) is 2. The summed E-state index contributed by atoms with van der Waals surface area (Å²) in [4.78, 5) is 14.1. The molecule has 2 N–H and O–H groups in total. The fourth-order valence-corrected chi connectivity index (χ4v) is 1.91. The van der Waals surface area contributed by atoms with Gasteiger partial charge < -0.3 is 10.6 Å². The van der Waals surface area contributed by atoms with Gasteiger partial charge in [-0.3, -0.25) is 4.79 Å². The molecule has 0 fully saturated rings. The molecule has 1 atom stereocenters. The molecule has 1 aromatic carbocycles. The summed E-state index contributed by atoms with van der Waals surface area (Å²) in [5, 5.41) is 0. The fraction of sp³-hybridized carbons (Fsp3) is 0.385. The molecule has 0 aromatic heterocycles. The van der Waals surface area contributed by atoms with Crippen LogP contribution in [0.5, 0.6) is 0 Å². The lowest BCUT2D eigenvalue weighted by Gasteiger charge is -2.22. The van der Waals surface area contributed by atoms with Crippen LogP contribution in [-0.4, -0.2) is 17.9 Å². The zero-order chi connectivity index (χ0) is 12.8. The Morgan fingerprint density at radius 3 is 2.47 bits per heavy atom. The Balaban J connectivity index is 2.84. The van der Waals surface area contributed by atoms with E-state index in [1.165, 1.54) is 0 Å². The summed E-state index contributed by atoms with van der Waals surface area (Å²) in [5.74, 6) is -0.397. The number of para-hydroxylation sites is 1. The zero-order valence-electron chi connectivity index (χ0n) is 10.2. The molecule has 1 rings (SSSR count). The number of benzene rings is 1. The van der Waals surface area contributed by atoms with Gasteiger partial charge in [0.2, 0.25) is 5.91 Å². The second kappa shape index (κ2) is 6.35. The van der Waals surface area contributed by atoms with Gasteiger partial charge in [0, 0.05) is 12.7 Å². The molecular weight excluding hydrogens is 232 g/mol. The maximum absolute atomic E-state index is 12.2. The number of hydrogen-bond donors (Lipinski definition) is 1. The number of nitrogens with two attached hydrogens (primary N) is 1. The van der Waals surface area contributed by atoms with Gasteiger partial charge in [-0.1, -0.05) is 43.8 Å². The fourth-order valence-electron chi connectivity index (χ4n) is 1.69. The van der Waals surface area contributed by atoms with Crippen molar-refractivity contribution < 1.29 is 4.79 Å². The van der Waals surface area contributed by atoms with Crippen LogP contribution in [0, 0.1) is 5.92 Å². The van der Waals surface area contributed by atoms with Gasteiger partial charge in [0.1, 0.15) is 0 Å². The van der Waals surface area contributed by atoms with E-state index >= 15 is 0 Å². The highest BCUT2D eigenvalue weighted by Gasteiger charge is 2.24. The second-order valence-corrected chi connectivity index (χ2v) is 4.45. The molecule has 1 aromatic rings. The molecule has 0 radical (unpaired) electrons. The summed E-state index contributed by atoms with van der Waals surface area (Å²) in [5.41, 5.74) is 6.48. The molecule has 1 amide bonds. The number of carbonyl (C=O) groups excluding carboxylic acids is 1. The van der Waals surface area contributed by atoms with Crippen molar-refractivity contribution in [3.8, 4) is 0 Å². The molecule has 0 spiro atoms. The van der Waals surface area contributed by atoms with Gasteiger partial charge >= 0.3 is 0 Å². The predicted octanol–water partition coefficient (Wildman–Crippen LogP) is 2.35. The number of thiocarbonyl (C=S) groups is 1. The van der Waals surface area contributed by atoms with E-state index in [2.05, 4.69) is 0 Å². The largest absolute Gasteiger partial charge is 0.393 e. The van der Waals surface area contributed by atoms with Gasteiger partial charge in [0.25, 0.3) is 0 Å². The second-order valence-electron chi connectivity index (χ2n) is 3.98. The molecule has 0 aliphatic carbocycles. The lowest BCUT2D eigenvalue weighted by Crippen LogP contribution is -2.39. The van der Waals surface area contributed by atoms with Crippen molar-refractivity contribution >= 4 is 28.8 Å². The van der Waals surface area contributed by atoms with E-state index in [1.54, 1.807) is 11.9 Å². The highest BCUT2D eigenvalue weighted by Crippen LogP contribution is 2.17. The third-order valence-electron chi connectivity index (χ3n) is 2.69. The molecular formula is C13H18N2OS. The number of carbonyl (C=O) groups is 1. The first-order valence-electron chi connectivity index (χ1n) is 5.69. The van der Waals surface area contributed by atoms with Crippen molar-refractivity contribution in [1.82, 2.24) is 0 Å². The first-order valence-corrected chi connectivity index (χ1v) is 6.10. The Morgan fingerprint density at radius 2 is 2.00 bits per heavy atom. The van der Waals surface area contributed by atoms with Gasteiger partial charge in [-0.15, -0.1) is 0 Å². The highest BCUT2D eigenvalue weighted by atomic mass is 32.1. The Morgan fingerprint density at radius 1 is 1.41 bits per heavy atom. The average Bonchev–Trinajstić information content (AvgIpc) is 2.35. The van der Waals surface area contributed by atoms with Crippen LogP contribution in [-0.2, 0) is 4.79 Å². The normalized spacial score (nSPS) is 11.9. The van der Waals surface area contributed by atoms with Crippen LogP contribution in [0.1, 0.15) is 19.8 Å². The standard InChI is InChI=1S/C13H18N2OS/c1-3-7-11(12(14)17)13(16)15(2)10-8-5-4-6-9-10/h4-6,8-9,11H,3,7H2,1-2H3,(H2,14,17). The minimum atomic E-state index is -0.361. The van der Waals surface area contributed by atoms with Crippen molar-refractivity contribution in [1.29, 1.82) is 0 Å². The predicted molar refractivity (Wildman–Crippen MR) is 75.0 cm³/mol. The van der Waals surface area contributed by atoms with Crippen LogP contribution in [0.25, 0.3) is 0 Å². The van der Waals surface area contributed by atoms with Gasteiger partial charge in [-0.25, -0.2) is 0 Å². The smallest absolute Gasteiger partial charge is 0.236 e. The van der Waals surface area contributed by atoms with E-state index in [1.807, 2.05) is 37.3 Å². The molecule has 0 saturated carbocycles. The molecule has 0 aliphatic rings. The number of amides is 1. The van der Waals surface area contributed by atoms with E-state index in [9.17, 15) is 4.79 Å². The lowest BCUT2D eigenvalue weighted by atomic mass is 10.0. The van der Waals surface area contributed by atoms with Gasteiger partial charge in [0.15, 0.2) is 0 Å². The average molecular weight is 250 g/mol. The summed E-state index contributed by atoms with van der Waals surface area (Å²) in [7, 11) is 1.75. The van der Waals surface area contributed by atoms with Crippen molar-refractivity contribution in [2.75, 3.05) is 11.9 Å². The van der Waals surface area contributed by atoms with Crippen LogP contribution < -0.4 is 10.6 Å². The van der Waals surface area contributed by atoms with E-state index < -0.39 is 0 Å². The summed E-state index contributed by atoms with van der Waals surface area (Å²) in [6.07, 6.45) is 1.59. The maximum atomic E-state index is 12.2. The van der Waals surface area contributed by atoms with E-state index in [-0.39, 0.29) is 16.8 Å². The minimum Gasteiger partial charge on any atom is -0.393 e. The van der Waals surface area contributed by atoms with E-state index in [0.717, 1.165) is 12.1 Å². The SMILES string of the molecule is CCCC(C(=O)N(C)c1ccccc1)C(N)=S. The molecule has 0 heterocycles. The van der Waals surface area contributed by atoms with Gasteiger partial charge in [0.05, 0.1) is 10.9 Å². The summed E-state index contributed by atoms with van der Waals surface area (Å²) in [6, 6.07) is 9.49. The van der Waals surface area contributed by atoms with Crippen LogP contribution in [0.15, 0.2) is 30.3 Å². The summed E-state index contributed by atoms with van der Waals surface area (Å²) < 4.78 is 0. The van der Waals surface area contributed by atoms with Crippen molar-refractivity contribution in [3.05, 3.63) is 30.3 Å². The molecule has 0 bridgehead atoms. The first kappa shape index (κ1) is 13.6. The van der Waals surface area contributed by atoms with Crippen LogP contribution in [0.3, 0.4) is 0 Å². The third-order valence-corrected chi connectivity index (χ3v) is 2.98. The monoisotopic (exact) mass is 250 g/mol. The Hall–Kier alpha value is -1.42. The lowest BCUT2D eigenvalue weighted by molar-refractivity contribution is -0.120. The topological polar surface area (TPSA) is 46.3 Å². The maximum Gasteiger partial charge on any atom is 0.236 e. The quantitative estimate of drug-likeness (QED) is 0.816. The summed E-state index contributed by atoms with van der Waals surface area (Å²) in [6.45, 7) is 2.01. The van der Waals surface area contributed by atoms with Crippen molar-refractivity contribution in [3.63, 3.8) is 0 Å². The Labute approximate surface area is 108 Å². The molecule has 4 heteroatoms. The zero-order valence-corrected chi connectivity index (χ0v) is 11.0. The number of anilines is 1. The Kier molecular flexibility index (Phi) is 5.10. The van der Waals surface area contributed by atoms with Crippen molar-refractivity contribution in [2.24, 2.45) is 11.7 Å². The van der Waals surface area contributed by atoms with Crippen LogP contribution in [0.2, 0.25) is 0 Å². The molecule has 92 valence electrons. The Bertz CT molecular complexity index is 392. The molecule has 17 heavy (non-hydrogen) atoms. The van der Waals surface area contributed by atoms with Crippen molar-refractivity contribution in [2.45, 2.75) is 19.8 Å². The van der Waals surface area contributed by atoms with Crippen LogP contribution >= 0.6 is 12.2 Å². The van der Waals surface area contributed by atoms with E-state index in [4.69, 9.17) is 18.0 Å². The summed E-state index contributed by atoms with van der Waals surface area (Å²) >= 11 is 4.96. The first-order chi connectivity index (χ1) is 8.07. The molecule has 1 unspecified atom stereocenters. The molecule has 0 saturated heterocycles. The van der Waals surface area contributed by atoms with Gasteiger partial charge in [-0.05, 0) is 18.6 Å². The van der Waals surface area contributed by atoms with Gasteiger partial charge in [-0.2, -0.15) is 0 Å². The molecule has 3 nitrogen and oxygen atoms in total. The third kappa shape index (κ3) is 3.53. The van der Waals surface area contributed by atoms with E-state index in [0.29, 0.717) is 6.42 Å². The number of rotatable bonds is 5. The number of nitrogens with zero attached hydrogens (tertiary/aromatic N) is 1. The van der Waals surface area contributed by atoms with Crippen LogP contribution in [0.4, 0.5) is 5.69 Å². The highest BCUT2D eigenvalue weighted by molar-refractivity contribution is 7.80.